The van der Waals surface area contributed by atoms with E-state index in [-0.39, 0.29) is 41.0 Å². The molecule has 1 heterocycles. The molecule has 0 aliphatic carbocycles. The third-order valence-corrected chi connectivity index (χ3v) is 7.81. The van der Waals surface area contributed by atoms with E-state index in [9.17, 15) is 33.0 Å². The van der Waals surface area contributed by atoms with E-state index in [4.69, 9.17) is 16.3 Å². The van der Waals surface area contributed by atoms with Crippen LogP contribution in [0.25, 0.3) is 11.3 Å². The molecule has 0 saturated heterocycles. The second-order valence-corrected chi connectivity index (χ2v) is 10.8. The number of benzene rings is 3. The van der Waals surface area contributed by atoms with Crippen LogP contribution in [0.2, 0.25) is 5.28 Å². The monoisotopic (exact) mass is 618 g/mol. The van der Waals surface area contributed by atoms with Gasteiger partial charge < -0.3 is 4.74 Å². The van der Waals surface area contributed by atoms with E-state index in [1.807, 2.05) is 0 Å². The second-order valence-electron chi connectivity index (χ2n) is 8.60. The van der Waals surface area contributed by atoms with Gasteiger partial charge in [-0.1, -0.05) is 12.1 Å². The normalized spacial score (nSPS) is 11.2. The number of halogens is 3. The zero-order chi connectivity index (χ0) is 30.6. The second kappa shape index (κ2) is 12.4. The number of hydrogen-bond donors (Lipinski definition) is 0. The van der Waals surface area contributed by atoms with Crippen LogP contribution in [-0.4, -0.2) is 41.4 Å². The molecule has 1 radical (unpaired) electrons. The molecule has 0 bridgehead atoms. The molecule has 0 aliphatic heterocycles. The van der Waals surface area contributed by atoms with Gasteiger partial charge in [0.05, 0.1) is 34.4 Å². The highest BCUT2D eigenvalue weighted by Gasteiger charge is 2.33. The van der Waals surface area contributed by atoms with Crippen LogP contribution >= 0.6 is 11.6 Å². The Morgan fingerprint density at radius 2 is 1.74 bits per heavy atom. The van der Waals surface area contributed by atoms with Crippen molar-refractivity contribution >= 4 is 38.7 Å². The minimum atomic E-state index is -4.80. The van der Waals surface area contributed by atoms with Crippen molar-refractivity contribution < 1.29 is 31.8 Å². The first-order valence-corrected chi connectivity index (χ1v) is 13.7. The number of ether oxygens (including phenoxy) is 1. The van der Waals surface area contributed by atoms with Crippen molar-refractivity contribution in [1.82, 2.24) is 9.97 Å². The molecular formula is C26H19ClF2N5O7S. The van der Waals surface area contributed by atoms with E-state index in [2.05, 4.69) is 16.9 Å². The Kier molecular flexibility index (Phi) is 8.92. The first kappa shape index (κ1) is 30.2. The standard InChI is InChI=1S/C26H19ClF2N5O7S/c1-16-11-18(33(35)36)14-19(12-16)41-10-4-9-32(42(39,40)24-6-3-2-5-22(24)34(37)38)23-13-17(7-8-20(23)28)25-21(29)15-30-26(27)31-25/h2-3,5-8,11-15H,1,4,9-10H2. The van der Waals surface area contributed by atoms with E-state index in [0.717, 1.165) is 42.6 Å². The molecular weight excluding hydrogens is 600 g/mol. The fourth-order valence-electron chi connectivity index (χ4n) is 3.94. The van der Waals surface area contributed by atoms with Gasteiger partial charge in [0, 0.05) is 30.7 Å². The number of non-ortho nitro benzene ring substituents is 1. The van der Waals surface area contributed by atoms with Crippen LogP contribution in [0, 0.1) is 38.8 Å². The van der Waals surface area contributed by atoms with Gasteiger partial charge in [0.15, 0.2) is 10.7 Å². The Morgan fingerprint density at radius 3 is 2.45 bits per heavy atom. The van der Waals surface area contributed by atoms with Crippen molar-refractivity contribution in [1.29, 1.82) is 0 Å². The van der Waals surface area contributed by atoms with E-state index in [1.165, 1.54) is 24.3 Å². The average molecular weight is 619 g/mol. The van der Waals surface area contributed by atoms with E-state index < -0.39 is 54.3 Å². The molecule has 42 heavy (non-hydrogen) atoms. The summed E-state index contributed by atoms with van der Waals surface area (Å²) in [4.78, 5) is 27.8. The molecule has 1 aromatic heterocycles. The first-order chi connectivity index (χ1) is 19.9. The molecule has 0 fully saturated rings. The molecule has 0 saturated carbocycles. The van der Waals surface area contributed by atoms with Crippen molar-refractivity contribution in [2.24, 2.45) is 0 Å². The molecule has 0 amide bonds. The number of nitro benzene ring substituents is 2. The largest absolute Gasteiger partial charge is 0.493 e. The summed E-state index contributed by atoms with van der Waals surface area (Å²) in [5.74, 6) is -1.87. The van der Waals surface area contributed by atoms with Gasteiger partial charge in [0.2, 0.25) is 5.28 Å². The van der Waals surface area contributed by atoms with Crippen LogP contribution in [0.3, 0.4) is 0 Å². The third kappa shape index (κ3) is 6.58. The molecule has 16 heteroatoms. The Morgan fingerprint density at radius 1 is 1.00 bits per heavy atom. The summed E-state index contributed by atoms with van der Waals surface area (Å²) in [5.41, 5.74) is -1.66. The molecule has 0 spiro atoms. The van der Waals surface area contributed by atoms with E-state index >= 15 is 4.39 Å². The Balaban J connectivity index is 1.73. The number of anilines is 1. The van der Waals surface area contributed by atoms with Crippen molar-refractivity contribution in [2.45, 2.75) is 11.3 Å². The maximum Gasteiger partial charge on any atom is 0.289 e. The van der Waals surface area contributed by atoms with Crippen molar-refractivity contribution in [2.75, 3.05) is 17.5 Å². The summed E-state index contributed by atoms with van der Waals surface area (Å²) >= 11 is 5.78. The van der Waals surface area contributed by atoms with Gasteiger partial charge in [-0.3, -0.25) is 24.5 Å². The van der Waals surface area contributed by atoms with Crippen LogP contribution < -0.4 is 9.04 Å². The van der Waals surface area contributed by atoms with Crippen LogP contribution in [0.15, 0.2) is 71.8 Å². The van der Waals surface area contributed by atoms with Gasteiger partial charge >= 0.3 is 0 Å². The highest BCUT2D eigenvalue weighted by Crippen LogP contribution is 2.34. The number of para-hydroxylation sites is 1. The highest BCUT2D eigenvalue weighted by molar-refractivity contribution is 7.93. The molecule has 0 atom stereocenters. The first-order valence-electron chi connectivity index (χ1n) is 11.9. The summed E-state index contributed by atoms with van der Waals surface area (Å²) < 4.78 is 63.5. The van der Waals surface area contributed by atoms with Gasteiger partial charge in [-0.2, -0.15) is 0 Å². The van der Waals surface area contributed by atoms with Crippen molar-refractivity contribution in [3.8, 4) is 17.0 Å². The summed E-state index contributed by atoms with van der Waals surface area (Å²) in [6, 6.07) is 11.4. The minimum absolute atomic E-state index is 0.0493. The lowest BCUT2D eigenvalue weighted by molar-refractivity contribution is -0.387. The number of hydrogen-bond acceptors (Lipinski definition) is 9. The van der Waals surface area contributed by atoms with Gasteiger partial charge in [0.25, 0.3) is 21.4 Å². The summed E-state index contributed by atoms with van der Waals surface area (Å²) in [7, 11) is -4.80. The third-order valence-electron chi connectivity index (χ3n) is 5.77. The fraction of sp³-hybridized carbons (Fsp3) is 0.115. The summed E-state index contributed by atoms with van der Waals surface area (Å²) in [5, 5.41) is 22.4. The lowest BCUT2D eigenvalue weighted by Crippen LogP contribution is -2.34. The predicted octanol–water partition coefficient (Wildman–Crippen LogP) is 5.74. The van der Waals surface area contributed by atoms with Gasteiger partial charge in [-0.15, -0.1) is 0 Å². The van der Waals surface area contributed by atoms with Crippen molar-refractivity contribution in [3.05, 3.63) is 116 Å². The lowest BCUT2D eigenvalue weighted by atomic mass is 10.1. The highest BCUT2D eigenvalue weighted by atomic mass is 35.5. The topological polar surface area (TPSA) is 159 Å². The number of aromatic nitrogens is 2. The number of nitrogens with zero attached hydrogens (tertiary/aromatic N) is 5. The number of rotatable bonds is 11. The SMILES string of the molecule is [CH2]c1cc(OCCCN(c2cc(-c3nc(Cl)ncc3F)ccc2F)S(=O)(=O)c2ccccc2[N+](=O)[O-])cc([N+](=O)[O-])c1. The minimum Gasteiger partial charge on any atom is -0.493 e. The zero-order valence-electron chi connectivity index (χ0n) is 21.3. The molecule has 217 valence electrons. The zero-order valence-corrected chi connectivity index (χ0v) is 22.9. The molecule has 4 rings (SSSR count). The Bertz CT molecular complexity index is 1790. The molecule has 12 nitrogen and oxygen atoms in total. The predicted molar refractivity (Wildman–Crippen MR) is 148 cm³/mol. The molecule has 0 N–H and O–H groups in total. The maximum atomic E-state index is 15.3. The molecule has 3 aromatic carbocycles. The molecule has 0 aliphatic rings. The van der Waals surface area contributed by atoms with Crippen LogP contribution in [-0.2, 0) is 10.0 Å². The maximum absolute atomic E-state index is 15.3. The average Bonchev–Trinajstić information content (AvgIpc) is 2.94. The van der Waals surface area contributed by atoms with E-state index in [0.29, 0.717) is 9.87 Å². The number of nitro groups is 2. The summed E-state index contributed by atoms with van der Waals surface area (Å²) in [6.45, 7) is 2.99. The fourth-order valence-corrected chi connectivity index (χ4v) is 5.74. The Labute approximate surface area is 242 Å². The quantitative estimate of drug-likeness (QED) is 0.0884. The van der Waals surface area contributed by atoms with E-state index in [1.54, 1.807) is 0 Å². The van der Waals surface area contributed by atoms with Crippen molar-refractivity contribution in [3.63, 3.8) is 0 Å². The van der Waals surface area contributed by atoms with Gasteiger partial charge in [-0.25, -0.2) is 27.2 Å². The van der Waals surface area contributed by atoms with Crippen LogP contribution in [0.5, 0.6) is 5.75 Å². The van der Waals surface area contributed by atoms with Gasteiger partial charge in [0.1, 0.15) is 17.3 Å². The summed E-state index contributed by atoms with van der Waals surface area (Å²) in [6.07, 6.45) is 0.685. The molecule has 4 aromatic rings. The van der Waals surface area contributed by atoms with Crippen LogP contribution in [0.4, 0.5) is 25.8 Å². The Hall–Kier alpha value is -4.76. The number of sulfonamides is 1. The smallest absolute Gasteiger partial charge is 0.289 e. The van der Waals surface area contributed by atoms with Crippen LogP contribution in [0.1, 0.15) is 12.0 Å². The van der Waals surface area contributed by atoms with Gasteiger partial charge in [-0.05, 0) is 54.4 Å². The molecule has 0 unspecified atom stereocenters. The lowest BCUT2D eigenvalue weighted by Gasteiger charge is -2.25.